The van der Waals surface area contributed by atoms with E-state index in [0.717, 1.165) is 24.9 Å². The van der Waals surface area contributed by atoms with E-state index >= 15 is 0 Å². The van der Waals surface area contributed by atoms with Crippen LogP contribution in [0.1, 0.15) is 43.9 Å². The molecule has 5 nitrogen and oxygen atoms in total. The van der Waals surface area contributed by atoms with Gasteiger partial charge < -0.3 is 15.3 Å². The zero-order valence-electron chi connectivity index (χ0n) is 13.1. The van der Waals surface area contributed by atoms with Crippen LogP contribution in [0.4, 0.5) is 4.79 Å². The summed E-state index contributed by atoms with van der Waals surface area (Å²) in [7, 11) is 0. The van der Waals surface area contributed by atoms with Crippen molar-refractivity contribution in [3.05, 3.63) is 35.4 Å². The SMILES string of the molecule is CC(NC(=O)N1CCCC(C(C)O)C1)c1ccc(C#N)cc1. The molecule has 1 saturated heterocycles. The van der Waals surface area contributed by atoms with Gasteiger partial charge in [-0.3, -0.25) is 0 Å². The highest BCUT2D eigenvalue weighted by atomic mass is 16.3. The van der Waals surface area contributed by atoms with Crippen molar-refractivity contribution in [3.63, 3.8) is 0 Å². The number of aliphatic hydroxyl groups is 1. The maximum absolute atomic E-state index is 12.4. The third kappa shape index (κ3) is 3.99. The molecule has 0 aromatic heterocycles. The van der Waals surface area contributed by atoms with Crippen molar-refractivity contribution in [2.45, 2.75) is 38.8 Å². The molecule has 1 aliphatic rings. The zero-order chi connectivity index (χ0) is 16.1. The highest BCUT2D eigenvalue weighted by Gasteiger charge is 2.27. The van der Waals surface area contributed by atoms with Crippen molar-refractivity contribution >= 4 is 6.03 Å². The molecule has 2 amide bonds. The summed E-state index contributed by atoms with van der Waals surface area (Å²) in [6, 6.07) is 9.09. The summed E-state index contributed by atoms with van der Waals surface area (Å²) in [6.45, 7) is 5.04. The first-order chi connectivity index (χ1) is 10.5. The second kappa shape index (κ2) is 7.28. The molecule has 3 unspecified atom stereocenters. The van der Waals surface area contributed by atoms with Gasteiger partial charge in [0.1, 0.15) is 0 Å². The maximum atomic E-state index is 12.4. The van der Waals surface area contributed by atoms with E-state index in [1.807, 2.05) is 19.1 Å². The smallest absolute Gasteiger partial charge is 0.317 e. The van der Waals surface area contributed by atoms with Crippen LogP contribution in [0.3, 0.4) is 0 Å². The van der Waals surface area contributed by atoms with Gasteiger partial charge in [0.2, 0.25) is 0 Å². The molecule has 2 N–H and O–H groups in total. The van der Waals surface area contributed by atoms with E-state index in [2.05, 4.69) is 11.4 Å². The Morgan fingerprint density at radius 3 is 2.68 bits per heavy atom. The Morgan fingerprint density at radius 1 is 1.41 bits per heavy atom. The molecule has 0 bridgehead atoms. The quantitative estimate of drug-likeness (QED) is 0.900. The van der Waals surface area contributed by atoms with Gasteiger partial charge in [0, 0.05) is 19.0 Å². The van der Waals surface area contributed by atoms with E-state index in [0.29, 0.717) is 12.1 Å². The van der Waals surface area contributed by atoms with Crippen molar-refractivity contribution in [1.82, 2.24) is 10.2 Å². The molecule has 5 heteroatoms. The van der Waals surface area contributed by atoms with Crippen LogP contribution < -0.4 is 5.32 Å². The van der Waals surface area contributed by atoms with Gasteiger partial charge in [-0.15, -0.1) is 0 Å². The van der Waals surface area contributed by atoms with Crippen LogP contribution in [0.15, 0.2) is 24.3 Å². The topological polar surface area (TPSA) is 76.4 Å². The first-order valence-corrected chi connectivity index (χ1v) is 7.75. The minimum Gasteiger partial charge on any atom is -0.393 e. The molecule has 1 heterocycles. The number of rotatable bonds is 3. The van der Waals surface area contributed by atoms with E-state index < -0.39 is 0 Å². The minimum absolute atomic E-state index is 0.0952. The normalized spacial score (nSPS) is 20.8. The van der Waals surface area contributed by atoms with Gasteiger partial charge >= 0.3 is 6.03 Å². The van der Waals surface area contributed by atoms with E-state index in [4.69, 9.17) is 5.26 Å². The number of piperidine rings is 1. The fourth-order valence-electron chi connectivity index (χ4n) is 2.79. The fourth-order valence-corrected chi connectivity index (χ4v) is 2.79. The summed E-state index contributed by atoms with van der Waals surface area (Å²) in [4.78, 5) is 14.1. The summed E-state index contributed by atoms with van der Waals surface area (Å²) in [5.74, 6) is 0.157. The van der Waals surface area contributed by atoms with E-state index in [1.54, 1.807) is 24.0 Å². The fraction of sp³-hybridized carbons (Fsp3) is 0.529. The number of benzene rings is 1. The van der Waals surface area contributed by atoms with Crippen molar-refractivity contribution in [2.24, 2.45) is 5.92 Å². The standard InChI is InChI=1S/C17H23N3O2/c1-12(15-7-5-14(10-18)6-8-15)19-17(22)20-9-3-4-16(11-20)13(2)21/h5-8,12-13,16,21H,3-4,9,11H2,1-2H3,(H,19,22). The van der Waals surface area contributed by atoms with Crippen LogP contribution >= 0.6 is 0 Å². The Balaban J connectivity index is 1.94. The lowest BCUT2D eigenvalue weighted by atomic mass is 9.93. The van der Waals surface area contributed by atoms with Crippen LogP contribution in [-0.2, 0) is 0 Å². The zero-order valence-corrected chi connectivity index (χ0v) is 13.1. The molecular formula is C17H23N3O2. The maximum Gasteiger partial charge on any atom is 0.317 e. The Bertz CT molecular complexity index is 548. The molecule has 22 heavy (non-hydrogen) atoms. The number of amides is 2. The van der Waals surface area contributed by atoms with Crippen LogP contribution in [0.25, 0.3) is 0 Å². The number of nitrogens with one attached hydrogen (secondary N) is 1. The molecule has 0 aliphatic carbocycles. The van der Waals surface area contributed by atoms with Crippen LogP contribution in [0.2, 0.25) is 0 Å². The molecular weight excluding hydrogens is 278 g/mol. The number of carbonyl (C=O) groups excluding carboxylic acids is 1. The van der Waals surface area contributed by atoms with E-state index in [-0.39, 0.29) is 24.1 Å². The molecule has 2 rings (SSSR count). The van der Waals surface area contributed by atoms with Gasteiger partial charge in [-0.25, -0.2) is 4.79 Å². The number of urea groups is 1. The summed E-state index contributed by atoms with van der Waals surface area (Å²) < 4.78 is 0. The third-order valence-electron chi connectivity index (χ3n) is 4.31. The predicted molar refractivity (Wildman–Crippen MR) is 84.1 cm³/mol. The lowest BCUT2D eigenvalue weighted by Crippen LogP contribution is -2.47. The van der Waals surface area contributed by atoms with Crippen molar-refractivity contribution in [1.29, 1.82) is 5.26 Å². The number of hydrogen-bond donors (Lipinski definition) is 2. The summed E-state index contributed by atoms with van der Waals surface area (Å²) >= 11 is 0. The third-order valence-corrected chi connectivity index (χ3v) is 4.31. The number of nitrogens with zero attached hydrogens (tertiary/aromatic N) is 2. The molecule has 118 valence electrons. The number of nitriles is 1. The number of aliphatic hydroxyl groups excluding tert-OH is 1. The number of likely N-dealkylation sites (tertiary alicyclic amines) is 1. The second-order valence-corrected chi connectivity index (χ2v) is 5.99. The lowest BCUT2D eigenvalue weighted by Gasteiger charge is -2.34. The van der Waals surface area contributed by atoms with Gasteiger partial charge in [-0.2, -0.15) is 5.26 Å². The molecule has 1 aliphatic heterocycles. The molecule has 1 fully saturated rings. The van der Waals surface area contributed by atoms with Crippen LogP contribution in [0, 0.1) is 17.2 Å². The van der Waals surface area contributed by atoms with Crippen molar-refractivity contribution < 1.29 is 9.90 Å². The Labute approximate surface area is 131 Å². The molecule has 0 spiro atoms. The summed E-state index contributed by atoms with van der Waals surface area (Å²) in [5, 5.41) is 21.5. The second-order valence-electron chi connectivity index (χ2n) is 5.99. The van der Waals surface area contributed by atoms with E-state index in [9.17, 15) is 9.90 Å². The van der Waals surface area contributed by atoms with Crippen molar-refractivity contribution in [3.8, 4) is 6.07 Å². The largest absolute Gasteiger partial charge is 0.393 e. The highest BCUT2D eigenvalue weighted by molar-refractivity contribution is 5.74. The molecule has 1 aromatic carbocycles. The highest BCUT2D eigenvalue weighted by Crippen LogP contribution is 2.20. The van der Waals surface area contributed by atoms with Gasteiger partial charge in [-0.05, 0) is 44.4 Å². The number of hydrogen-bond acceptors (Lipinski definition) is 3. The first-order valence-electron chi connectivity index (χ1n) is 7.75. The Hall–Kier alpha value is -2.06. The van der Waals surface area contributed by atoms with Gasteiger partial charge in [0.25, 0.3) is 0 Å². The molecule has 1 aromatic rings. The molecule has 0 radical (unpaired) electrons. The molecule has 3 atom stereocenters. The van der Waals surface area contributed by atoms with Crippen molar-refractivity contribution in [2.75, 3.05) is 13.1 Å². The van der Waals surface area contributed by atoms with Gasteiger partial charge in [0.05, 0.1) is 23.8 Å². The average Bonchev–Trinajstić information content (AvgIpc) is 2.54. The predicted octanol–water partition coefficient (Wildman–Crippen LogP) is 2.42. The Morgan fingerprint density at radius 2 is 2.09 bits per heavy atom. The average molecular weight is 301 g/mol. The lowest BCUT2D eigenvalue weighted by molar-refractivity contribution is 0.0734. The van der Waals surface area contributed by atoms with Crippen LogP contribution in [0.5, 0.6) is 0 Å². The number of carbonyl (C=O) groups is 1. The van der Waals surface area contributed by atoms with Gasteiger partial charge in [0.15, 0.2) is 0 Å². The van der Waals surface area contributed by atoms with E-state index in [1.165, 1.54) is 0 Å². The first kappa shape index (κ1) is 16.3. The van der Waals surface area contributed by atoms with Crippen LogP contribution in [-0.4, -0.2) is 35.2 Å². The monoisotopic (exact) mass is 301 g/mol. The van der Waals surface area contributed by atoms with Gasteiger partial charge in [-0.1, -0.05) is 12.1 Å². The molecule has 0 saturated carbocycles. The summed E-state index contributed by atoms with van der Waals surface area (Å²) in [6.07, 6.45) is 1.51. The minimum atomic E-state index is -0.383. The Kier molecular flexibility index (Phi) is 5.40. The summed E-state index contributed by atoms with van der Waals surface area (Å²) in [5.41, 5.74) is 1.58.